The second kappa shape index (κ2) is 5.23. The SMILES string of the molecule is O=C1CCN(Cc2c(F)ccc(Br)c2F)CC1. The van der Waals surface area contributed by atoms with Crippen molar-refractivity contribution in [3.8, 4) is 0 Å². The van der Waals surface area contributed by atoms with E-state index in [4.69, 9.17) is 0 Å². The van der Waals surface area contributed by atoms with Gasteiger partial charge in [0, 0.05) is 38.0 Å². The molecule has 5 heteroatoms. The first-order valence-electron chi connectivity index (χ1n) is 5.44. The number of rotatable bonds is 2. The monoisotopic (exact) mass is 303 g/mol. The molecule has 1 aliphatic heterocycles. The maximum Gasteiger partial charge on any atom is 0.144 e. The van der Waals surface area contributed by atoms with Crippen molar-refractivity contribution >= 4 is 21.7 Å². The van der Waals surface area contributed by atoms with Crippen LogP contribution in [0.2, 0.25) is 0 Å². The van der Waals surface area contributed by atoms with Crippen molar-refractivity contribution < 1.29 is 13.6 Å². The van der Waals surface area contributed by atoms with Gasteiger partial charge in [0.05, 0.1) is 4.47 Å². The number of benzene rings is 1. The van der Waals surface area contributed by atoms with Gasteiger partial charge in [-0.2, -0.15) is 0 Å². The minimum Gasteiger partial charge on any atom is -0.300 e. The number of carbonyl (C=O) groups is 1. The third-order valence-corrected chi connectivity index (χ3v) is 3.55. The molecule has 0 spiro atoms. The van der Waals surface area contributed by atoms with Gasteiger partial charge < -0.3 is 0 Å². The lowest BCUT2D eigenvalue weighted by atomic mass is 10.1. The molecule has 0 saturated carbocycles. The van der Waals surface area contributed by atoms with E-state index in [0.29, 0.717) is 25.9 Å². The summed E-state index contributed by atoms with van der Waals surface area (Å²) < 4.78 is 27.5. The summed E-state index contributed by atoms with van der Waals surface area (Å²) in [5.74, 6) is -0.874. The van der Waals surface area contributed by atoms with Crippen LogP contribution in [0.15, 0.2) is 16.6 Å². The number of hydrogen-bond donors (Lipinski definition) is 0. The van der Waals surface area contributed by atoms with Crippen molar-refractivity contribution in [2.45, 2.75) is 19.4 Å². The van der Waals surface area contributed by atoms with Crippen LogP contribution in [0.25, 0.3) is 0 Å². The summed E-state index contributed by atoms with van der Waals surface area (Å²) in [6.07, 6.45) is 0.939. The van der Waals surface area contributed by atoms with Crippen molar-refractivity contribution in [2.75, 3.05) is 13.1 Å². The lowest BCUT2D eigenvalue weighted by molar-refractivity contribution is -0.121. The fraction of sp³-hybridized carbons (Fsp3) is 0.417. The van der Waals surface area contributed by atoms with Gasteiger partial charge in [-0.15, -0.1) is 0 Å². The molecular formula is C12H12BrF2NO. The molecule has 2 rings (SSSR count). The molecule has 1 aromatic rings. The molecule has 1 saturated heterocycles. The number of likely N-dealkylation sites (tertiary alicyclic amines) is 1. The molecule has 0 atom stereocenters. The zero-order valence-corrected chi connectivity index (χ0v) is 10.8. The maximum atomic E-state index is 13.7. The first-order valence-corrected chi connectivity index (χ1v) is 6.23. The Kier molecular flexibility index (Phi) is 3.89. The summed E-state index contributed by atoms with van der Waals surface area (Å²) in [4.78, 5) is 13.0. The topological polar surface area (TPSA) is 20.3 Å². The van der Waals surface area contributed by atoms with Crippen LogP contribution in [0, 0.1) is 11.6 Å². The molecule has 92 valence electrons. The number of Topliss-reactive ketones (excluding diaryl/α,β-unsaturated/α-hetero) is 1. The smallest absolute Gasteiger partial charge is 0.144 e. The molecule has 1 fully saturated rings. The minimum atomic E-state index is -0.554. The standard InChI is InChI=1S/C12H12BrF2NO/c13-10-1-2-11(14)9(12(10)15)7-16-5-3-8(17)4-6-16/h1-2H,3-7H2. The summed E-state index contributed by atoms with van der Waals surface area (Å²) in [5.41, 5.74) is 0.0636. The highest BCUT2D eigenvalue weighted by molar-refractivity contribution is 9.10. The van der Waals surface area contributed by atoms with E-state index in [-0.39, 0.29) is 22.4 Å². The van der Waals surface area contributed by atoms with Gasteiger partial charge in [0.15, 0.2) is 0 Å². The summed E-state index contributed by atoms with van der Waals surface area (Å²) in [5, 5.41) is 0. The number of halogens is 3. The van der Waals surface area contributed by atoms with Gasteiger partial charge in [0.25, 0.3) is 0 Å². The lowest BCUT2D eigenvalue weighted by Crippen LogP contribution is -2.33. The molecule has 0 aromatic heterocycles. The van der Waals surface area contributed by atoms with Crippen LogP contribution in [-0.2, 0) is 11.3 Å². The highest BCUT2D eigenvalue weighted by Gasteiger charge is 2.20. The molecule has 2 nitrogen and oxygen atoms in total. The van der Waals surface area contributed by atoms with Gasteiger partial charge in [0.2, 0.25) is 0 Å². The summed E-state index contributed by atoms with van der Waals surface area (Å²) in [7, 11) is 0. The predicted molar refractivity (Wildman–Crippen MR) is 63.6 cm³/mol. The van der Waals surface area contributed by atoms with Crippen molar-refractivity contribution in [1.29, 1.82) is 0 Å². The van der Waals surface area contributed by atoms with E-state index in [2.05, 4.69) is 15.9 Å². The zero-order chi connectivity index (χ0) is 12.4. The first kappa shape index (κ1) is 12.6. The molecule has 17 heavy (non-hydrogen) atoms. The molecule has 0 unspecified atom stereocenters. The van der Waals surface area contributed by atoms with Gasteiger partial charge in [-0.25, -0.2) is 8.78 Å². The number of nitrogens with zero attached hydrogens (tertiary/aromatic N) is 1. The largest absolute Gasteiger partial charge is 0.300 e. The summed E-state index contributed by atoms with van der Waals surface area (Å²) >= 11 is 3.04. The maximum absolute atomic E-state index is 13.7. The Bertz CT molecular complexity index is 440. The highest BCUT2D eigenvalue weighted by Crippen LogP contribution is 2.23. The van der Waals surface area contributed by atoms with E-state index in [1.165, 1.54) is 12.1 Å². The van der Waals surface area contributed by atoms with E-state index < -0.39 is 11.6 Å². The predicted octanol–water partition coefficient (Wildman–Crippen LogP) is 2.89. The molecule has 0 N–H and O–H groups in total. The number of carbonyl (C=O) groups excluding carboxylic acids is 1. The Morgan fingerprint density at radius 1 is 1.24 bits per heavy atom. The zero-order valence-electron chi connectivity index (χ0n) is 9.18. The van der Waals surface area contributed by atoms with E-state index in [1.807, 2.05) is 4.90 Å². The van der Waals surface area contributed by atoms with Crippen molar-refractivity contribution in [3.05, 3.63) is 33.8 Å². The van der Waals surface area contributed by atoms with Gasteiger partial charge in [-0.05, 0) is 28.1 Å². The van der Waals surface area contributed by atoms with Crippen molar-refractivity contribution in [2.24, 2.45) is 0 Å². The second-order valence-electron chi connectivity index (χ2n) is 4.14. The van der Waals surface area contributed by atoms with E-state index in [1.54, 1.807) is 0 Å². The average molecular weight is 304 g/mol. The quantitative estimate of drug-likeness (QED) is 0.783. The molecule has 1 aliphatic rings. The normalized spacial score (nSPS) is 17.5. The second-order valence-corrected chi connectivity index (χ2v) is 4.99. The molecule has 1 heterocycles. The fourth-order valence-corrected chi connectivity index (χ4v) is 2.27. The molecular weight excluding hydrogens is 292 g/mol. The third-order valence-electron chi connectivity index (χ3n) is 2.93. The Balaban J connectivity index is 2.13. The fourth-order valence-electron chi connectivity index (χ4n) is 1.90. The molecule has 0 amide bonds. The molecule has 0 aliphatic carbocycles. The molecule has 0 radical (unpaired) electrons. The minimum absolute atomic E-state index is 0.0636. The van der Waals surface area contributed by atoms with Gasteiger partial charge in [-0.1, -0.05) is 0 Å². The Morgan fingerprint density at radius 3 is 2.53 bits per heavy atom. The lowest BCUT2D eigenvalue weighted by Gasteiger charge is -2.26. The van der Waals surface area contributed by atoms with Crippen LogP contribution in [0.5, 0.6) is 0 Å². The Morgan fingerprint density at radius 2 is 1.88 bits per heavy atom. The summed E-state index contributed by atoms with van der Waals surface area (Å²) in [6.45, 7) is 1.36. The van der Waals surface area contributed by atoms with Gasteiger partial charge in [0.1, 0.15) is 17.4 Å². The average Bonchev–Trinajstić information content (AvgIpc) is 2.32. The highest BCUT2D eigenvalue weighted by atomic mass is 79.9. The van der Waals surface area contributed by atoms with Crippen LogP contribution in [0.3, 0.4) is 0 Å². The van der Waals surface area contributed by atoms with Gasteiger partial charge in [-0.3, -0.25) is 9.69 Å². The van der Waals surface area contributed by atoms with Crippen LogP contribution < -0.4 is 0 Å². The first-order chi connectivity index (χ1) is 8.08. The van der Waals surface area contributed by atoms with E-state index in [9.17, 15) is 13.6 Å². The van der Waals surface area contributed by atoms with Crippen LogP contribution in [0.1, 0.15) is 18.4 Å². The van der Waals surface area contributed by atoms with Gasteiger partial charge >= 0.3 is 0 Å². The van der Waals surface area contributed by atoms with E-state index >= 15 is 0 Å². The van der Waals surface area contributed by atoms with Crippen molar-refractivity contribution in [1.82, 2.24) is 4.90 Å². The Labute approximate surface area is 107 Å². The third kappa shape index (κ3) is 2.90. The van der Waals surface area contributed by atoms with Crippen LogP contribution in [-0.4, -0.2) is 23.8 Å². The number of hydrogen-bond acceptors (Lipinski definition) is 2. The number of piperidine rings is 1. The van der Waals surface area contributed by atoms with Crippen molar-refractivity contribution in [3.63, 3.8) is 0 Å². The summed E-state index contributed by atoms with van der Waals surface area (Å²) in [6, 6.07) is 2.60. The molecule has 1 aromatic carbocycles. The van der Waals surface area contributed by atoms with Crippen LogP contribution in [0.4, 0.5) is 8.78 Å². The Hall–Kier alpha value is -0.810. The van der Waals surface area contributed by atoms with Crippen LogP contribution >= 0.6 is 15.9 Å². The van der Waals surface area contributed by atoms with E-state index in [0.717, 1.165) is 0 Å². The number of ketones is 1. The molecule has 0 bridgehead atoms.